The van der Waals surface area contributed by atoms with Crippen molar-refractivity contribution in [2.45, 2.75) is 44.3 Å². The summed E-state index contributed by atoms with van der Waals surface area (Å²) in [5.74, 6) is 4.00. The fourth-order valence-electron chi connectivity index (χ4n) is 5.36. The third-order valence-electron chi connectivity index (χ3n) is 6.63. The Morgan fingerprint density at radius 1 is 1.15 bits per heavy atom. The van der Waals surface area contributed by atoms with Crippen molar-refractivity contribution in [3.8, 4) is 5.75 Å². The number of aliphatic imine (C=N–C) groups is 1. The highest BCUT2D eigenvalue weighted by molar-refractivity contribution is 5.80. The minimum Gasteiger partial charge on any atom is -0.493 e. The minimum absolute atomic E-state index is 0.454. The van der Waals surface area contributed by atoms with Crippen molar-refractivity contribution < 1.29 is 9.47 Å². The average Bonchev–Trinajstić information content (AvgIpc) is 3.38. The average molecular weight is 355 g/mol. The molecule has 26 heavy (non-hydrogen) atoms. The lowest BCUT2D eigenvalue weighted by Gasteiger charge is -2.27. The molecule has 4 heterocycles. The van der Waals surface area contributed by atoms with E-state index in [1.165, 1.54) is 18.4 Å². The molecule has 5 unspecified atom stereocenters. The molecule has 2 bridgehead atoms. The maximum Gasteiger partial charge on any atom is 0.193 e. The number of benzene rings is 1. The number of nitrogens with one attached hydrogen (secondary N) is 1. The van der Waals surface area contributed by atoms with E-state index in [0.29, 0.717) is 30.0 Å². The number of rotatable bonds is 3. The summed E-state index contributed by atoms with van der Waals surface area (Å²) in [5, 5.41) is 3.53. The van der Waals surface area contributed by atoms with Gasteiger partial charge in [-0.1, -0.05) is 18.2 Å². The van der Waals surface area contributed by atoms with E-state index < -0.39 is 0 Å². The van der Waals surface area contributed by atoms with E-state index >= 15 is 0 Å². The van der Waals surface area contributed by atoms with Crippen LogP contribution in [0.25, 0.3) is 0 Å². The molecule has 0 radical (unpaired) electrons. The summed E-state index contributed by atoms with van der Waals surface area (Å²) in [6.45, 7) is 6.89. The van der Waals surface area contributed by atoms with Crippen LogP contribution in [-0.2, 0) is 4.74 Å². The number of fused-ring (bicyclic) bond motifs is 6. The molecule has 140 valence electrons. The largest absolute Gasteiger partial charge is 0.493 e. The molecule has 3 saturated heterocycles. The van der Waals surface area contributed by atoms with Gasteiger partial charge in [-0.3, -0.25) is 4.99 Å². The Bertz CT molecular complexity index is 674. The van der Waals surface area contributed by atoms with Gasteiger partial charge < -0.3 is 19.7 Å². The van der Waals surface area contributed by atoms with Gasteiger partial charge in [0.05, 0.1) is 18.8 Å². The van der Waals surface area contributed by atoms with Crippen LogP contribution in [0.1, 0.15) is 37.7 Å². The maximum atomic E-state index is 6.12. The van der Waals surface area contributed by atoms with Crippen molar-refractivity contribution in [2.24, 2.45) is 16.8 Å². The molecule has 0 aliphatic carbocycles. The molecule has 0 spiro atoms. The molecular formula is C21H29N3O2. The standard InChI is InChI=1S/C21H29N3O2/c1-2-22-21(24-12-16-17(13-24)20-8-7-19(16)26-20)23-11-14-9-10-25-18-6-4-3-5-15(14)18/h3-6,14,16-17,19-20H,2,7-13H2,1H3,(H,22,23). The zero-order valence-electron chi connectivity index (χ0n) is 15.6. The predicted molar refractivity (Wildman–Crippen MR) is 102 cm³/mol. The number of likely N-dealkylation sites (tertiary alicyclic amines) is 1. The van der Waals surface area contributed by atoms with E-state index in [9.17, 15) is 0 Å². The first kappa shape index (κ1) is 16.4. The zero-order chi connectivity index (χ0) is 17.5. The molecule has 0 aromatic heterocycles. The van der Waals surface area contributed by atoms with Gasteiger partial charge in [-0.2, -0.15) is 0 Å². The highest BCUT2D eigenvalue weighted by Crippen LogP contribution is 2.47. The molecular weight excluding hydrogens is 326 g/mol. The summed E-state index contributed by atoms with van der Waals surface area (Å²) in [7, 11) is 0. The summed E-state index contributed by atoms with van der Waals surface area (Å²) >= 11 is 0. The maximum absolute atomic E-state index is 6.12. The molecule has 1 aromatic rings. The number of ether oxygens (including phenoxy) is 2. The van der Waals surface area contributed by atoms with Gasteiger partial charge in [0, 0.05) is 43.9 Å². The monoisotopic (exact) mass is 355 g/mol. The lowest BCUT2D eigenvalue weighted by Crippen LogP contribution is -2.41. The fraction of sp³-hybridized carbons (Fsp3) is 0.667. The van der Waals surface area contributed by atoms with E-state index in [0.717, 1.165) is 50.9 Å². The quantitative estimate of drug-likeness (QED) is 0.669. The second kappa shape index (κ2) is 6.76. The number of hydrogen-bond donors (Lipinski definition) is 1. The number of para-hydroxylation sites is 1. The van der Waals surface area contributed by atoms with Crippen molar-refractivity contribution in [1.82, 2.24) is 10.2 Å². The van der Waals surface area contributed by atoms with Crippen LogP contribution in [-0.4, -0.2) is 55.9 Å². The second-order valence-electron chi connectivity index (χ2n) is 8.09. The molecule has 1 N–H and O–H groups in total. The van der Waals surface area contributed by atoms with Crippen LogP contribution in [0.3, 0.4) is 0 Å². The Balaban J connectivity index is 1.31. The van der Waals surface area contributed by atoms with Crippen molar-refractivity contribution >= 4 is 5.96 Å². The third-order valence-corrected chi connectivity index (χ3v) is 6.63. The summed E-state index contributed by atoms with van der Waals surface area (Å²) in [4.78, 5) is 7.53. The van der Waals surface area contributed by atoms with Crippen LogP contribution in [0.2, 0.25) is 0 Å². The number of hydrogen-bond acceptors (Lipinski definition) is 3. The van der Waals surface area contributed by atoms with Crippen LogP contribution in [0, 0.1) is 11.8 Å². The van der Waals surface area contributed by atoms with Crippen LogP contribution in [0.4, 0.5) is 0 Å². The van der Waals surface area contributed by atoms with Gasteiger partial charge in [-0.05, 0) is 37.8 Å². The second-order valence-corrected chi connectivity index (χ2v) is 8.09. The molecule has 5 rings (SSSR count). The topological polar surface area (TPSA) is 46.1 Å². The van der Waals surface area contributed by atoms with Gasteiger partial charge in [-0.25, -0.2) is 0 Å². The Morgan fingerprint density at radius 3 is 2.69 bits per heavy atom. The minimum atomic E-state index is 0.454. The molecule has 5 heteroatoms. The van der Waals surface area contributed by atoms with Gasteiger partial charge in [0.15, 0.2) is 5.96 Å². The summed E-state index contributed by atoms with van der Waals surface area (Å²) < 4.78 is 11.9. The molecule has 0 saturated carbocycles. The van der Waals surface area contributed by atoms with E-state index in [-0.39, 0.29) is 0 Å². The molecule has 5 nitrogen and oxygen atoms in total. The van der Waals surface area contributed by atoms with Gasteiger partial charge in [0.2, 0.25) is 0 Å². The predicted octanol–water partition coefficient (Wildman–Crippen LogP) is 2.63. The first-order valence-electron chi connectivity index (χ1n) is 10.2. The summed E-state index contributed by atoms with van der Waals surface area (Å²) in [5.41, 5.74) is 1.31. The van der Waals surface area contributed by atoms with Crippen molar-refractivity contribution in [3.63, 3.8) is 0 Å². The van der Waals surface area contributed by atoms with E-state index in [1.807, 2.05) is 6.07 Å². The lowest BCUT2D eigenvalue weighted by molar-refractivity contribution is 0.0767. The van der Waals surface area contributed by atoms with Gasteiger partial charge in [0.25, 0.3) is 0 Å². The summed E-state index contributed by atoms with van der Waals surface area (Å²) in [6, 6.07) is 8.42. The first-order valence-corrected chi connectivity index (χ1v) is 10.2. The van der Waals surface area contributed by atoms with Crippen LogP contribution in [0.15, 0.2) is 29.3 Å². The van der Waals surface area contributed by atoms with Crippen LogP contribution < -0.4 is 10.1 Å². The Labute approximate surface area is 155 Å². The molecule has 1 aromatic carbocycles. The highest BCUT2D eigenvalue weighted by atomic mass is 16.5. The normalized spacial score (nSPS) is 35.2. The Morgan fingerprint density at radius 2 is 1.92 bits per heavy atom. The lowest BCUT2D eigenvalue weighted by atomic mass is 9.82. The Kier molecular flexibility index (Phi) is 4.27. The third kappa shape index (κ3) is 2.77. The number of nitrogens with zero attached hydrogens (tertiary/aromatic N) is 2. The van der Waals surface area contributed by atoms with Gasteiger partial charge >= 0.3 is 0 Å². The van der Waals surface area contributed by atoms with E-state index in [4.69, 9.17) is 14.5 Å². The smallest absolute Gasteiger partial charge is 0.193 e. The zero-order valence-corrected chi connectivity index (χ0v) is 15.6. The van der Waals surface area contributed by atoms with Crippen molar-refractivity contribution in [1.29, 1.82) is 0 Å². The van der Waals surface area contributed by atoms with Crippen molar-refractivity contribution in [3.05, 3.63) is 29.8 Å². The molecule has 3 fully saturated rings. The van der Waals surface area contributed by atoms with Gasteiger partial charge in [-0.15, -0.1) is 0 Å². The van der Waals surface area contributed by atoms with Crippen LogP contribution >= 0.6 is 0 Å². The first-order chi connectivity index (χ1) is 12.8. The van der Waals surface area contributed by atoms with Gasteiger partial charge in [0.1, 0.15) is 5.75 Å². The molecule has 0 amide bonds. The Hall–Kier alpha value is -1.75. The molecule has 4 aliphatic heterocycles. The molecule has 4 aliphatic rings. The van der Waals surface area contributed by atoms with Crippen molar-refractivity contribution in [2.75, 3.05) is 32.8 Å². The fourth-order valence-corrected chi connectivity index (χ4v) is 5.36. The highest BCUT2D eigenvalue weighted by Gasteiger charge is 2.53. The number of guanidine groups is 1. The van der Waals surface area contributed by atoms with E-state index in [1.54, 1.807) is 0 Å². The van der Waals surface area contributed by atoms with E-state index in [2.05, 4.69) is 35.3 Å². The molecule has 5 atom stereocenters. The summed E-state index contributed by atoms with van der Waals surface area (Å²) in [6.07, 6.45) is 4.56. The SMILES string of the molecule is CCNC(=NCC1CCOc2ccccc21)N1CC2C3CCC(O3)C2C1. The van der Waals surface area contributed by atoms with Crippen LogP contribution in [0.5, 0.6) is 5.75 Å².